The average molecular weight is 334 g/mol. The molecule has 0 spiro atoms. The summed E-state index contributed by atoms with van der Waals surface area (Å²) in [7, 11) is 0. The maximum Gasteiger partial charge on any atom is 0.261 e. The van der Waals surface area contributed by atoms with Crippen molar-refractivity contribution in [2.45, 2.75) is 30.9 Å². The lowest BCUT2D eigenvalue weighted by atomic mass is 9.84. The zero-order valence-corrected chi connectivity index (χ0v) is 13.2. The van der Waals surface area contributed by atoms with Gasteiger partial charge in [0.15, 0.2) is 0 Å². The lowest BCUT2D eigenvalue weighted by Crippen LogP contribution is -2.45. The molecule has 0 saturated heterocycles. The Morgan fingerprint density at radius 2 is 2.35 bits per heavy atom. The number of amides is 1. The number of thiophene rings is 1. The van der Waals surface area contributed by atoms with E-state index in [2.05, 4.69) is 27.5 Å². The molecule has 1 amide bonds. The highest BCUT2D eigenvalue weighted by molar-refractivity contribution is 9.11. The Hall–Kier alpha value is -0.0000000000000000833. The van der Waals surface area contributed by atoms with Crippen LogP contribution >= 0.6 is 39.0 Å². The van der Waals surface area contributed by atoms with Crippen LogP contribution in [0.2, 0.25) is 0 Å². The topological polar surface area (TPSA) is 29.1 Å². The van der Waals surface area contributed by atoms with Gasteiger partial charge in [-0.1, -0.05) is 6.42 Å². The van der Waals surface area contributed by atoms with Crippen LogP contribution in [0.4, 0.5) is 0 Å². The largest absolute Gasteiger partial charge is 0.350 e. The van der Waals surface area contributed by atoms with Gasteiger partial charge in [0.1, 0.15) is 0 Å². The number of halogens is 1. The maximum absolute atomic E-state index is 12.0. The molecule has 17 heavy (non-hydrogen) atoms. The van der Waals surface area contributed by atoms with Crippen molar-refractivity contribution in [1.82, 2.24) is 5.32 Å². The van der Waals surface area contributed by atoms with E-state index in [-0.39, 0.29) is 5.91 Å². The van der Waals surface area contributed by atoms with E-state index in [9.17, 15) is 4.79 Å². The van der Waals surface area contributed by atoms with Crippen molar-refractivity contribution in [3.63, 3.8) is 0 Å². The summed E-state index contributed by atoms with van der Waals surface area (Å²) in [5, 5.41) is 3.06. The monoisotopic (exact) mass is 333 g/mol. The fraction of sp³-hybridized carbons (Fsp3) is 0.583. The van der Waals surface area contributed by atoms with Gasteiger partial charge in [-0.3, -0.25) is 4.79 Å². The molecule has 0 aliphatic heterocycles. The zero-order valence-electron chi connectivity index (χ0n) is 10.0. The Kier molecular flexibility index (Phi) is 4.21. The Bertz CT molecular complexity index is 401. The van der Waals surface area contributed by atoms with Crippen molar-refractivity contribution in [1.29, 1.82) is 0 Å². The molecule has 1 aromatic heterocycles. The average Bonchev–Trinajstić information content (AvgIpc) is 2.58. The van der Waals surface area contributed by atoms with Gasteiger partial charge in [-0.25, -0.2) is 0 Å². The lowest BCUT2D eigenvalue weighted by molar-refractivity contribution is 0.0948. The first kappa shape index (κ1) is 13.4. The number of rotatable bonds is 4. The summed E-state index contributed by atoms with van der Waals surface area (Å²) < 4.78 is 1.35. The quantitative estimate of drug-likeness (QED) is 0.907. The number of carbonyl (C=O) groups is 1. The third kappa shape index (κ3) is 2.88. The highest BCUT2D eigenvalue weighted by Crippen LogP contribution is 2.42. The maximum atomic E-state index is 12.0. The summed E-state index contributed by atoms with van der Waals surface area (Å²) in [6.45, 7) is 2.80. The minimum atomic E-state index is 0.0594. The molecule has 1 aliphatic rings. The van der Waals surface area contributed by atoms with Crippen LogP contribution in [0.3, 0.4) is 0 Å². The van der Waals surface area contributed by atoms with E-state index in [4.69, 9.17) is 0 Å². The van der Waals surface area contributed by atoms with E-state index in [0.717, 1.165) is 20.8 Å². The van der Waals surface area contributed by atoms with Crippen LogP contribution in [0.5, 0.6) is 0 Å². The molecule has 1 heterocycles. The zero-order chi connectivity index (χ0) is 12.5. The first-order valence-corrected chi connectivity index (χ1v) is 8.49. The molecule has 5 heteroatoms. The molecule has 2 rings (SSSR count). The van der Waals surface area contributed by atoms with Crippen LogP contribution in [0, 0.1) is 6.92 Å². The standard InChI is InChI=1S/C12H16BrNOS2/c1-8-6-9(17-10(8)13)11(15)14-7-12(16-2)4-3-5-12/h6H,3-5,7H2,1-2H3,(H,14,15). The molecule has 94 valence electrons. The summed E-state index contributed by atoms with van der Waals surface area (Å²) in [5.41, 5.74) is 1.13. The Morgan fingerprint density at radius 3 is 2.76 bits per heavy atom. The lowest BCUT2D eigenvalue weighted by Gasteiger charge is -2.40. The van der Waals surface area contributed by atoms with E-state index >= 15 is 0 Å². The molecule has 2 nitrogen and oxygen atoms in total. The molecular formula is C12H16BrNOS2. The van der Waals surface area contributed by atoms with Gasteiger partial charge < -0.3 is 5.32 Å². The number of carbonyl (C=O) groups excluding carboxylic acids is 1. The predicted molar refractivity (Wildman–Crippen MR) is 79.2 cm³/mol. The first-order valence-electron chi connectivity index (χ1n) is 5.66. The van der Waals surface area contributed by atoms with Gasteiger partial charge in [0.05, 0.1) is 8.66 Å². The summed E-state index contributed by atoms with van der Waals surface area (Å²) in [6, 6.07) is 1.94. The number of hydrogen-bond donors (Lipinski definition) is 1. The smallest absolute Gasteiger partial charge is 0.261 e. The van der Waals surface area contributed by atoms with Crippen molar-refractivity contribution in [3.8, 4) is 0 Å². The van der Waals surface area contributed by atoms with Crippen molar-refractivity contribution in [3.05, 3.63) is 20.3 Å². The molecule has 0 unspecified atom stereocenters. The molecule has 1 N–H and O–H groups in total. The van der Waals surface area contributed by atoms with Gasteiger partial charge in [-0.2, -0.15) is 11.8 Å². The minimum Gasteiger partial charge on any atom is -0.350 e. The molecule has 1 aromatic rings. The Balaban J connectivity index is 1.93. The second-order valence-electron chi connectivity index (χ2n) is 4.49. The molecule has 0 radical (unpaired) electrons. The molecule has 1 saturated carbocycles. The van der Waals surface area contributed by atoms with E-state index < -0.39 is 0 Å². The van der Waals surface area contributed by atoms with Crippen molar-refractivity contribution in [2.75, 3.05) is 12.8 Å². The molecule has 0 atom stereocenters. The second kappa shape index (κ2) is 5.33. The number of hydrogen-bond acceptors (Lipinski definition) is 3. The first-order chi connectivity index (χ1) is 8.06. The molecular weight excluding hydrogens is 318 g/mol. The SMILES string of the molecule is CSC1(CNC(=O)c2cc(C)c(Br)s2)CCC1. The summed E-state index contributed by atoms with van der Waals surface area (Å²) >= 11 is 6.84. The van der Waals surface area contributed by atoms with E-state index in [1.165, 1.54) is 30.6 Å². The molecule has 1 aliphatic carbocycles. The summed E-state index contributed by atoms with van der Waals surface area (Å²) in [4.78, 5) is 12.8. The van der Waals surface area contributed by atoms with Crippen LogP contribution in [-0.2, 0) is 0 Å². The molecule has 1 fully saturated rings. The molecule has 0 aromatic carbocycles. The highest BCUT2D eigenvalue weighted by atomic mass is 79.9. The van der Waals surface area contributed by atoms with E-state index in [0.29, 0.717) is 4.75 Å². The summed E-state index contributed by atoms with van der Waals surface area (Å²) in [6.07, 6.45) is 5.88. The third-order valence-electron chi connectivity index (χ3n) is 3.35. The number of thioether (sulfide) groups is 1. The van der Waals surface area contributed by atoms with Crippen LogP contribution in [-0.4, -0.2) is 23.5 Å². The van der Waals surface area contributed by atoms with Crippen LogP contribution in [0.1, 0.15) is 34.5 Å². The van der Waals surface area contributed by atoms with E-state index in [1.807, 2.05) is 24.8 Å². The fourth-order valence-electron chi connectivity index (χ4n) is 1.92. The van der Waals surface area contributed by atoms with Gasteiger partial charge >= 0.3 is 0 Å². The van der Waals surface area contributed by atoms with E-state index in [1.54, 1.807) is 0 Å². The number of aryl methyl sites for hydroxylation is 1. The van der Waals surface area contributed by atoms with Crippen molar-refractivity contribution in [2.24, 2.45) is 0 Å². The van der Waals surface area contributed by atoms with Crippen molar-refractivity contribution < 1.29 is 4.79 Å². The third-order valence-corrected chi connectivity index (χ3v) is 6.90. The van der Waals surface area contributed by atoms with Gasteiger partial charge in [0, 0.05) is 11.3 Å². The van der Waals surface area contributed by atoms with Crippen LogP contribution in [0.15, 0.2) is 9.85 Å². The normalized spacial score (nSPS) is 17.6. The van der Waals surface area contributed by atoms with Gasteiger partial charge in [-0.05, 0) is 53.6 Å². The Morgan fingerprint density at radius 1 is 1.65 bits per heavy atom. The fourth-order valence-corrected chi connectivity index (χ4v) is 4.29. The Labute approximate surface area is 119 Å². The van der Waals surface area contributed by atoms with Gasteiger partial charge in [0.2, 0.25) is 0 Å². The summed E-state index contributed by atoms with van der Waals surface area (Å²) in [5.74, 6) is 0.0594. The van der Waals surface area contributed by atoms with Crippen molar-refractivity contribution >= 4 is 44.9 Å². The number of nitrogens with one attached hydrogen (secondary N) is 1. The van der Waals surface area contributed by atoms with Crippen LogP contribution < -0.4 is 5.32 Å². The second-order valence-corrected chi connectivity index (χ2v) is 8.14. The minimum absolute atomic E-state index is 0.0594. The molecule has 0 bridgehead atoms. The van der Waals surface area contributed by atoms with Gasteiger partial charge in [-0.15, -0.1) is 11.3 Å². The highest BCUT2D eigenvalue weighted by Gasteiger charge is 2.36. The predicted octanol–water partition coefficient (Wildman–Crippen LogP) is 3.83. The van der Waals surface area contributed by atoms with Gasteiger partial charge in [0.25, 0.3) is 5.91 Å². The van der Waals surface area contributed by atoms with Crippen LogP contribution in [0.25, 0.3) is 0 Å².